The van der Waals surface area contributed by atoms with E-state index in [0.717, 1.165) is 89.9 Å². The molecule has 0 saturated heterocycles. The predicted octanol–water partition coefficient (Wildman–Crippen LogP) is 21.0. The Morgan fingerprint density at radius 1 is 0.319 bits per heavy atom. The number of carbonyl (C=O) groups excluding carboxylic acids is 4. The molecule has 0 aliphatic heterocycles. The molecule has 0 spiro atoms. The third-order valence-electron chi connectivity index (χ3n) is 17.0. The first-order valence-electron chi connectivity index (χ1n) is 37.9. The highest BCUT2D eigenvalue weighted by Crippen LogP contribution is 2.46. The van der Waals surface area contributed by atoms with Gasteiger partial charge in [-0.2, -0.15) is 0 Å². The molecule has 4 N–H and O–H groups in total. The number of ether oxygens (including phenoxy) is 3. The maximum Gasteiger partial charge on any atom is 0.475 e. The summed E-state index contributed by atoms with van der Waals surface area (Å²) in [5.74, 6) is -2.07. The van der Waals surface area contributed by atoms with Gasteiger partial charge in [0.2, 0.25) is 12.2 Å². The van der Waals surface area contributed by atoms with Gasteiger partial charge >= 0.3 is 33.6 Å². The summed E-state index contributed by atoms with van der Waals surface area (Å²) in [5.41, 5.74) is 0. The van der Waals surface area contributed by atoms with Gasteiger partial charge in [0.15, 0.2) is 6.61 Å². The largest absolute Gasteiger partial charge is 0.475 e. The number of hydrogen-bond donors (Lipinski definition) is 4. The Morgan fingerprint density at radius 3 is 0.890 bits per heavy atom. The van der Waals surface area contributed by atoms with Crippen molar-refractivity contribution < 1.29 is 75.5 Å². The van der Waals surface area contributed by atoms with Crippen LogP contribution in [0.25, 0.3) is 0 Å². The number of aliphatic hydroxyl groups excluding tert-OH is 1. The molecule has 540 valence electrons. The second kappa shape index (κ2) is 66.7. The monoisotopic (exact) mass is 1340 g/mol. The average molecular weight is 1340 g/mol. The maximum absolute atomic E-state index is 13.2. The van der Waals surface area contributed by atoms with E-state index in [1.165, 1.54) is 218 Å². The van der Waals surface area contributed by atoms with E-state index in [0.29, 0.717) is 25.7 Å². The molecule has 17 nitrogen and oxygen atoms in total. The van der Waals surface area contributed by atoms with E-state index in [2.05, 4.69) is 33.0 Å². The zero-order valence-corrected chi connectivity index (χ0v) is 60.7. The van der Waals surface area contributed by atoms with Crippen molar-refractivity contribution in [2.45, 2.75) is 406 Å². The Morgan fingerprint density at radius 2 is 0.571 bits per heavy atom. The number of esters is 3. The van der Waals surface area contributed by atoms with Crippen molar-refractivity contribution >= 4 is 39.5 Å². The molecule has 0 rings (SSSR count). The molecule has 0 saturated carbocycles. The van der Waals surface area contributed by atoms with Gasteiger partial charge in [0.1, 0.15) is 12.7 Å². The van der Waals surface area contributed by atoms with Crippen LogP contribution < -0.4 is 5.32 Å². The number of unbranched alkanes of at least 4 members (excludes halogenated alkanes) is 48. The minimum Gasteiger partial charge on any atom is -0.463 e. The quantitative estimate of drug-likeness (QED) is 0.0146. The van der Waals surface area contributed by atoms with Crippen LogP contribution in [0.15, 0.2) is 0 Å². The molecule has 0 aliphatic carbocycles. The summed E-state index contributed by atoms with van der Waals surface area (Å²) in [4.78, 5) is 73.0. The number of rotatable bonds is 73. The molecule has 5 unspecified atom stereocenters. The Bertz CT molecular complexity index is 1750. The van der Waals surface area contributed by atoms with Gasteiger partial charge in [0.25, 0.3) is 0 Å². The van der Waals surface area contributed by atoms with Gasteiger partial charge in [-0.05, 0) is 25.7 Å². The van der Waals surface area contributed by atoms with Gasteiger partial charge < -0.3 is 34.4 Å². The van der Waals surface area contributed by atoms with Crippen molar-refractivity contribution in [3.8, 4) is 0 Å². The van der Waals surface area contributed by atoms with Gasteiger partial charge in [-0.25, -0.2) is 13.7 Å². The summed E-state index contributed by atoms with van der Waals surface area (Å²) in [6, 6.07) is -0.991. The summed E-state index contributed by atoms with van der Waals surface area (Å²) in [7, 11) is -10.1. The van der Waals surface area contributed by atoms with E-state index >= 15 is 0 Å². The second-order valence-corrected chi connectivity index (χ2v) is 29.0. The molecule has 0 heterocycles. The number of phosphoric ester groups is 2. The molecule has 1 amide bonds. The summed E-state index contributed by atoms with van der Waals surface area (Å²) >= 11 is 0. The summed E-state index contributed by atoms with van der Waals surface area (Å²) < 4.78 is 63.0. The minimum atomic E-state index is -5.12. The van der Waals surface area contributed by atoms with E-state index in [9.17, 15) is 43.2 Å². The standard InChI is InChI=1S/C72H141NO16P2/c1-5-9-13-17-21-25-29-33-37-41-45-49-53-57-68(75)73-66(61-83-69(76)58-54-50-46-42-38-34-30-26-22-18-14-10-6-2)62-85-90(79,80)86-63-67(74)64-87-91(81,82)89-72(88-71(78)60-56-52-48-44-40-36-32-28-24-20-16-12-8-4)65-84-70(77)59-55-51-47-43-39-35-31-27-23-19-15-11-7-3/h66-67,72,74H,5-65H2,1-4H3,(H,73,75)(H,79,80)(H,81,82). The summed E-state index contributed by atoms with van der Waals surface area (Å²) in [5, 5.41) is 13.4. The maximum atomic E-state index is 13.2. The van der Waals surface area contributed by atoms with Gasteiger partial charge in [-0.1, -0.05) is 336 Å². The first-order valence-corrected chi connectivity index (χ1v) is 40.9. The molecule has 0 bridgehead atoms. The van der Waals surface area contributed by atoms with Crippen molar-refractivity contribution in [1.29, 1.82) is 0 Å². The topological polar surface area (TPSA) is 240 Å². The number of nitrogens with one attached hydrogen (secondary N) is 1. The molecular formula is C72H141NO16P2. The highest BCUT2D eigenvalue weighted by molar-refractivity contribution is 7.47. The molecule has 5 atom stereocenters. The van der Waals surface area contributed by atoms with Crippen LogP contribution in [-0.4, -0.2) is 90.2 Å². The fourth-order valence-corrected chi connectivity index (χ4v) is 12.8. The number of phosphoric acid groups is 2. The lowest BCUT2D eigenvalue weighted by Gasteiger charge is -2.22. The lowest BCUT2D eigenvalue weighted by molar-refractivity contribution is -0.180. The highest BCUT2D eigenvalue weighted by Gasteiger charge is 2.32. The van der Waals surface area contributed by atoms with Gasteiger partial charge in [0.05, 0.1) is 25.9 Å². The Hall–Kier alpha value is -1.94. The fraction of sp³-hybridized carbons (Fsp3) is 0.944. The summed E-state index contributed by atoms with van der Waals surface area (Å²) in [6.07, 6.45) is 56.9. The first-order chi connectivity index (χ1) is 44.2. The number of hydrogen-bond acceptors (Lipinski definition) is 14. The molecule has 0 aliphatic rings. The molecule has 0 aromatic carbocycles. The molecule has 0 aromatic heterocycles. The van der Waals surface area contributed by atoms with Crippen LogP contribution in [0.1, 0.15) is 387 Å². The van der Waals surface area contributed by atoms with Crippen LogP contribution in [0, 0.1) is 0 Å². The van der Waals surface area contributed by atoms with Crippen LogP contribution in [0.4, 0.5) is 0 Å². The van der Waals surface area contributed by atoms with Crippen LogP contribution in [0.5, 0.6) is 0 Å². The van der Waals surface area contributed by atoms with E-state index < -0.39 is 78.4 Å². The zero-order valence-electron chi connectivity index (χ0n) is 58.9. The highest BCUT2D eigenvalue weighted by atomic mass is 31.2. The third-order valence-corrected chi connectivity index (χ3v) is 18.9. The number of aliphatic hydroxyl groups is 1. The van der Waals surface area contributed by atoms with Crippen LogP contribution in [-0.2, 0) is 60.6 Å². The van der Waals surface area contributed by atoms with Gasteiger partial charge in [-0.15, -0.1) is 0 Å². The van der Waals surface area contributed by atoms with E-state index in [-0.39, 0.29) is 38.2 Å². The van der Waals surface area contributed by atoms with Crippen molar-refractivity contribution in [1.82, 2.24) is 5.32 Å². The Labute approximate surface area is 556 Å². The van der Waals surface area contributed by atoms with Crippen molar-refractivity contribution in [3.63, 3.8) is 0 Å². The number of amides is 1. The van der Waals surface area contributed by atoms with E-state index in [1.807, 2.05) is 0 Å². The van der Waals surface area contributed by atoms with Gasteiger partial charge in [-0.3, -0.25) is 32.7 Å². The lowest BCUT2D eigenvalue weighted by atomic mass is 10.0. The second-order valence-electron chi connectivity index (χ2n) is 26.1. The molecule has 0 aromatic rings. The van der Waals surface area contributed by atoms with Crippen molar-refractivity contribution in [2.24, 2.45) is 0 Å². The molecule has 0 radical (unpaired) electrons. The SMILES string of the molecule is CCCCCCCCCCCCCCCC(=O)NC(COC(=O)CCCCCCCCCCCCCCC)COP(=O)(O)OCC(O)COP(=O)(O)OC(COC(=O)CCCCCCCCCCCCCCC)OC(=O)CCCCCCCCCCCCCCC. The fourth-order valence-electron chi connectivity index (χ4n) is 11.2. The Kier molecular flexibility index (Phi) is 65.2. The smallest absolute Gasteiger partial charge is 0.463 e. The zero-order chi connectivity index (χ0) is 66.8. The minimum absolute atomic E-state index is 0.0117. The van der Waals surface area contributed by atoms with Crippen LogP contribution in [0.2, 0.25) is 0 Å². The lowest BCUT2D eigenvalue weighted by Crippen LogP contribution is -2.42. The first kappa shape index (κ1) is 89.1. The number of carbonyl (C=O) groups is 4. The molecule has 19 heteroatoms. The molecule has 0 fully saturated rings. The Balaban J connectivity index is 5.31. The molecular weight excluding hydrogens is 1200 g/mol. The average Bonchev–Trinajstić information content (AvgIpc) is 3.41. The third kappa shape index (κ3) is 66.5. The predicted molar refractivity (Wildman–Crippen MR) is 370 cm³/mol. The van der Waals surface area contributed by atoms with E-state index in [1.54, 1.807) is 0 Å². The van der Waals surface area contributed by atoms with Gasteiger partial charge in [0, 0.05) is 25.7 Å². The van der Waals surface area contributed by atoms with E-state index in [4.69, 9.17) is 32.3 Å². The van der Waals surface area contributed by atoms with Crippen molar-refractivity contribution in [2.75, 3.05) is 33.0 Å². The van der Waals surface area contributed by atoms with Crippen LogP contribution in [0.3, 0.4) is 0 Å². The summed E-state index contributed by atoms with van der Waals surface area (Å²) in [6.45, 7) is 5.54. The van der Waals surface area contributed by atoms with Crippen LogP contribution >= 0.6 is 15.6 Å². The molecule has 91 heavy (non-hydrogen) atoms. The van der Waals surface area contributed by atoms with Crippen molar-refractivity contribution in [3.05, 3.63) is 0 Å². The normalized spacial score (nSPS) is 14.0.